The summed E-state index contributed by atoms with van der Waals surface area (Å²) in [5.74, 6) is 0.763. The minimum Gasteiger partial charge on any atom is -0.497 e. The van der Waals surface area contributed by atoms with Gasteiger partial charge in [0.2, 0.25) is 0 Å². The van der Waals surface area contributed by atoms with Crippen LogP contribution >= 0.6 is 23.1 Å². The smallest absolute Gasteiger partial charge is 0.417 e. The topological polar surface area (TPSA) is 77.2 Å². The van der Waals surface area contributed by atoms with Crippen molar-refractivity contribution in [3.63, 3.8) is 0 Å². The lowest BCUT2D eigenvalue weighted by molar-refractivity contribution is -0.136. The third-order valence-electron chi connectivity index (χ3n) is 4.19. The van der Waals surface area contributed by atoms with Crippen molar-refractivity contribution in [2.24, 2.45) is 0 Å². The molecule has 3 N–H and O–H groups in total. The van der Waals surface area contributed by atoms with Crippen LogP contribution in [0.3, 0.4) is 0 Å². The predicted octanol–water partition coefficient (Wildman–Crippen LogP) is 4.67. The largest absolute Gasteiger partial charge is 0.497 e. The number of fused-ring (bicyclic) bond motifs is 1. The first-order valence-electron chi connectivity index (χ1n) is 8.48. The Hall–Kier alpha value is -2.46. The summed E-state index contributed by atoms with van der Waals surface area (Å²) in [5, 5.41) is 2.43. The molecule has 0 bridgehead atoms. The van der Waals surface area contributed by atoms with Gasteiger partial charge in [0.15, 0.2) is 0 Å². The SMILES string of the molecule is COc1ccc(-c2cc(C(F)(F)F)c3c(N)c(C(=O)NCCSC)sc3n2)cc1. The van der Waals surface area contributed by atoms with E-state index in [9.17, 15) is 18.0 Å². The number of hydrogen-bond donors (Lipinski definition) is 2. The zero-order valence-corrected chi connectivity index (χ0v) is 17.2. The van der Waals surface area contributed by atoms with E-state index in [2.05, 4.69) is 10.3 Å². The number of rotatable bonds is 6. The zero-order chi connectivity index (χ0) is 21.2. The second kappa shape index (κ2) is 8.50. The van der Waals surface area contributed by atoms with Gasteiger partial charge in [0.1, 0.15) is 15.5 Å². The van der Waals surface area contributed by atoms with Gasteiger partial charge in [-0.2, -0.15) is 24.9 Å². The van der Waals surface area contributed by atoms with Crippen LogP contribution in [0.5, 0.6) is 5.75 Å². The summed E-state index contributed by atoms with van der Waals surface area (Å²) in [7, 11) is 1.50. The number of halogens is 3. The molecule has 2 aromatic heterocycles. The highest BCUT2D eigenvalue weighted by molar-refractivity contribution is 7.98. The Morgan fingerprint density at radius 2 is 2.00 bits per heavy atom. The van der Waals surface area contributed by atoms with Gasteiger partial charge in [-0.25, -0.2) is 4.98 Å². The van der Waals surface area contributed by atoms with Crippen LogP contribution in [0, 0.1) is 0 Å². The van der Waals surface area contributed by atoms with Crippen LogP contribution in [0.25, 0.3) is 21.5 Å². The van der Waals surface area contributed by atoms with Gasteiger partial charge in [0.25, 0.3) is 5.91 Å². The van der Waals surface area contributed by atoms with Crippen molar-refractivity contribution in [3.05, 3.63) is 40.8 Å². The van der Waals surface area contributed by atoms with Crippen molar-refractivity contribution in [1.82, 2.24) is 10.3 Å². The molecule has 29 heavy (non-hydrogen) atoms. The van der Waals surface area contributed by atoms with Gasteiger partial charge < -0.3 is 15.8 Å². The van der Waals surface area contributed by atoms with Crippen molar-refractivity contribution in [2.75, 3.05) is 31.4 Å². The second-order valence-corrected chi connectivity index (χ2v) is 8.04. The standard InChI is InChI=1S/C19H18F3N3O2S2/c1-27-11-5-3-10(4-6-11)13-9-12(19(20,21)22)14-15(23)16(29-18(14)25-13)17(26)24-7-8-28-2/h3-6,9H,7-8,23H2,1-2H3,(H,24,26). The number of pyridine rings is 1. The number of methoxy groups -OCH3 is 1. The number of anilines is 1. The Morgan fingerprint density at radius 1 is 1.31 bits per heavy atom. The van der Waals surface area contributed by atoms with E-state index >= 15 is 0 Å². The number of carbonyl (C=O) groups excluding carboxylic acids is 1. The predicted molar refractivity (Wildman–Crippen MR) is 112 cm³/mol. The number of hydrogen-bond acceptors (Lipinski definition) is 6. The van der Waals surface area contributed by atoms with Gasteiger partial charge in [0.05, 0.1) is 24.1 Å². The van der Waals surface area contributed by atoms with E-state index in [1.807, 2.05) is 6.26 Å². The number of ether oxygens (including phenoxy) is 1. The molecule has 10 heteroatoms. The molecule has 2 heterocycles. The fraction of sp³-hybridized carbons (Fsp3) is 0.263. The molecule has 0 saturated carbocycles. The van der Waals surface area contributed by atoms with Gasteiger partial charge in [0, 0.05) is 23.2 Å². The van der Waals surface area contributed by atoms with Gasteiger partial charge >= 0.3 is 6.18 Å². The van der Waals surface area contributed by atoms with E-state index in [4.69, 9.17) is 10.5 Å². The summed E-state index contributed by atoms with van der Waals surface area (Å²) in [4.78, 5) is 16.8. The number of nitrogens with zero attached hydrogens (tertiary/aromatic N) is 1. The van der Waals surface area contributed by atoms with Gasteiger partial charge in [-0.1, -0.05) is 0 Å². The normalized spacial score (nSPS) is 11.6. The quantitative estimate of drug-likeness (QED) is 0.544. The third-order valence-corrected chi connectivity index (χ3v) is 5.90. The Labute approximate surface area is 173 Å². The zero-order valence-electron chi connectivity index (χ0n) is 15.6. The van der Waals surface area contributed by atoms with Crippen LogP contribution < -0.4 is 15.8 Å². The summed E-state index contributed by atoms with van der Waals surface area (Å²) in [6.07, 6.45) is -2.76. The minimum atomic E-state index is -4.65. The fourth-order valence-electron chi connectivity index (χ4n) is 2.77. The van der Waals surface area contributed by atoms with E-state index in [-0.39, 0.29) is 26.5 Å². The van der Waals surface area contributed by atoms with Gasteiger partial charge in [-0.05, 0) is 36.6 Å². The monoisotopic (exact) mass is 441 g/mol. The summed E-state index contributed by atoms with van der Waals surface area (Å²) in [6.45, 7) is 0.393. The van der Waals surface area contributed by atoms with Crippen LogP contribution in [0.15, 0.2) is 30.3 Å². The number of nitrogens with two attached hydrogens (primary N) is 1. The molecule has 3 aromatic rings. The number of alkyl halides is 3. The fourth-order valence-corrected chi connectivity index (χ4v) is 4.11. The van der Waals surface area contributed by atoms with E-state index in [1.54, 1.807) is 36.0 Å². The van der Waals surface area contributed by atoms with E-state index < -0.39 is 17.6 Å². The third kappa shape index (κ3) is 4.43. The molecule has 0 aliphatic rings. The highest BCUT2D eigenvalue weighted by Crippen LogP contribution is 2.43. The summed E-state index contributed by atoms with van der Waals surface area (Å²) >= 11 is 2.40. The minimum absolute atomic E-state index is 0.0333. The van der Waals surface area contributed by atoms with Crippen LogP contribution in [0.4, 0.5) is 18.9 Å². The molecule has 1 aromatic carbocycles. The van der Waals surface area contributed by atoms with Gasteiger partial charge in [-0.15, -0.1) is 11.3 Å². The number of nitrogen functional groups attached to an aromatic ring is 1. The van der Waals surface area contributed by atoms with Gasteiger partial charge in [-0.3, -0.25) is 4.79 Å². The van der Waals surface area contributed by atoms with Crippen molar-refractivity contribution in [3.8, 4) is 17.0 Å². The molecule has 0 radical (unpaired) electrons. The van der Waals surface area contributed by atoms with Crippen molar-refractivity contribution >= 4 is 44.9 Å². The number of amides is 1. The Balaban J connectivity index is 2.13. The molecule has 0 aliphatic heterocycles. The molecule has 0 spiro atoms. The molecular weight excluding hydrogens is 423 g/mol. The number of thiophene rings is 1. The van der Waals surface area contributed by atoms with E-state index in [0.717, 1.165) is 17.4 Å². The Kier molecular flexibility index (Phi) is 6.23. The lowest BCUT2D eigenvalue weighted by atomic mass is 10.1. The highest BCUT2D eigenvalue weighted by Gasteiger charge is 2.36. The van der Waals surface area contributed by atoms with Crippen LogP contribution in [-0.4, -0.2) is 36.6 Å². The lowest BCUT2D eigenvalue weighted by Gasteiger charge is -2.11. The Bertz CT molecular complexity index is 1030. The summed E-state index contributed by atoms with van der Waals surface area (Å²) in [5.41, 5.74) is 5.48. The number of carbonyl (C=O) groups is 1. The highest BCUT2D eigenvalue weighted by atomic mass is 32.2. The maximum atomic E-state index is 13.8. The maximum Gasteiger partial charge on any atom is 0.417 e. The summed E-state index contributed by atoms with van der Waals surface area (Å²) in [6, 6.07) is 7.49. The van der Waals surface area contributed by atoms with Crippen molar-refractivity contribution in [1.29, 1.82) is 0 Å². The van der Waals surface area contributed by atoms with Crippen molar-refractivity contribution < 1.29 is 22.7 Å². The van der Waals surface area contributed by atoms with E-state index in [0.29, 0.717) is 23.6 Å². The first-order valence-corrected chi connectivity index (χ1v) is 10.7. The molecule has 5 nitrogen and oxygen atoms in total. The second-order valence-electron chi connectivity index (χ2n) is 6.06. The Morgan fingerprint density at radius 3 is 2.59 bits per heavy atom. The number of aromatic nitrogens is 1. The number of thioether (sulfide) groups is 1. The molecule has 1 amide bonds. The average Bonchev–Trinajstić information content (AvgIpc) is 3.03. The number of benzene rings is 1. The lowest BCUT2D eigenvalue weighted by Crippen LogP contribution is -2.25. The first-order chi connectivity index (χ1) is 13.8. The van der Waals surface area contributed by atoms with Crippen molar-refractivity contribution in [2.45, 2.75) is 6.18 Å². The molecule has 3 rings (SSSR count). The van der Waals surface area contributed by atoms with Crippen LogP contribution in [-0.2, 0) is 6.18 Å². The summed E-state index contributed by atoms with van der Waals surface area (Å²) < 4.78 is 46.4. The van der Waals surface area contributed by atoms with Crippen LogP contribution in [0.2, 0.25) is 0 Å². The molecule has 0 fully saturated rings. The molecule has 0 unspecified atom stereocenters. The molecule has 0 aliphatic carbocycles. The maximum absolute atomic E-state index is 13.8. The molecule has 0 atom stereocenters. The first kappa shape index (κ1) is 21.3. The number of nitrogens with one attached hydrogen (secondary N) is 1. The van der Waals surface area contributed by atoms with Crippen LogP contribution in [0.1, 0.15) is 15.2 Å². The average molecular weight is 442 g/mol. The molecular formula is C19H18F3N3O2S2. The van der Waals surface area contributed by atoms with E-state index in [1.165, 1.54) is 7.11 Å². The molecule has 0 saturated heterocycles. The molecule has 154 valence electrons.